The maximum atomic E-state index is 7.20. The van der Waals surface area contributed by atoms with Gasteiger partial charge in [-0.1, -0.05) is 106 Å². The van der Waals surface area contributed by atoms with Crippen molar-refractivity contribution >= 4 is 24.8 Å². The van der Waals surface area contributed by atoms with Gasteiger partial charge in [-0.15, -0.1) is 0 Å². The average molecular weight is 545 g/mol. The first-order valence-electron chi connectivity index (χ1n) is 13.7. The second kappa shape index (κ2) is 11.0. The summed E-state index contributed by atoms with van der Waals surface area (Å²) in [6.45, 7) is 11.2. The predicted octanol–water partition coefficient (Wildman–Crippen LogP) is 5.57. The third-order valence-corrected chi connectivity index (χ3v) is 12.7. The number of ether oxygens (including phenoxy) is 4. The second-order valence-electron chi connectivity index (χ2n) is 11.8. The van der Waals surface area contributed by atoms with Crippen LogP contribution >= 0.6 is 0 Å². The summed E-state index contributed by atoms with van der Waals surface area (Å²) in [5.41, 5.74) is 1.07. The molecule has 3 aromatic carbocycles. The lowest BCUT2D eigenvalue weighted by Gasteiger charge is -2.43. The highest BCUT2D eigenvalue weighted by molar-refractivity contribution is 6.99. The van der Waals surface area contributed by atoms with Crippen LogP contribution in [-0.4, -0.2) is 52.2 Å². The molecule has 2 saturated heterocycles. The maximum Gasteiger partial charge on any atom is 0.261 e. The third kappa shape index (κ3) is 5.63. The molecule has 0 unspecified atom stereocenters. The zero-order valence-electron chi connectivity index (χ0n) is 23.8. The van der Waals surface area contributed by atoms with Crippen LogP contribution in [0, 0.1) is 0 Å². The summed E-state index contributed by atoms with van der Waals surface area (Å²) in [6.07, 6.45) is 3.22. The molecule has 2 heterocycles. The van der Waals surface area contributed by atoms with Gasteiger partial charge in [-0.05, 0) is 47.0 Å². The van der Waals surface area contributed by atoms with E-state index >= 15 is 0 Å². The van der Waals surface area contributed by atoms with Crippen molar-refractivity contribution in [3.05, 3.63) is 96.6 Å². The SMILES string of the molecule is COc1ccc(/C=C/[C@@H]2O[C@H](CO[Si](c3ccccc3)(c3ccccc3)C(C)(C)C)[C@H]3OC(C)(C)O[C@H]32)cc1. The van der Waals surface area contributed by atoms with Crippen molar-refractivity contribution in [2.75, 3.05) is 13.7 Å². The highest BCUT2D eigenvalue weighted by Crippen LogP contribution is 2.41. The minimum Gasteiger partial charge on any atom is -0.497 e. The van der Waals surface area contributed by atoms with E-state index in [0.29, 0.717) is 6.61 Å². The van der Waals surface area contributed by atoms with Gasteiger partial charge in [-0.3, -0.25) is 0 Å². The van der Waals surface area contributed by atoms with E-state index in [2.05, 4.69) is 93.6 Å². The maximum absolute atomic E-state index is 7.20. The molecule has 0 N–H and O–H groups in total. The van der Waals surface area contributed by atoms with E-state index in [1.54, 1.807) is 7.11 Å². The Morgan fingerprint density at radius 2 is 1.38 bits per heavy atom. The summed E-state index contributed by atoms with van der Waals surface area (Å²) in [5, 5.41) is 2.38. The van der Waals surface area contributed by atoms with Crippen molar-refractivity contribution in [2.24, 2.45) is 0 Å². The van der Waals surface area contributed by atoms with E-state index in [-0.39, 0.29) is 29.5 Å². The molecule has 39 heavy (non-hydrogen) atoms. The van der Waals surface area contributed by atoms with Crippen LogP contribution in [0.1, 0.15) is 40.2 Å². The minimum atomic E-state index is -2.70. The molecular weight excluding hydrogens is 504 g/mol. The molecule has 0 amide bonds. The van der Waals surface area contributed by atoms with Crippen LogP contribution in [0.5, 0.6) is 5.75 Å². The fraction of sp³-hybridized carbons (Fsp3) is 0.394. The predicted molar refractivity (Wildman–Crippen MR) is 158 cm³/mol. The minimum absolute atomic E-state index is 0.117. The topological polar surface area (TPSA) is 46.2 Å². The van der Waals surface area contributed by atoms with Gasteiger partial charge in [0.05, 0.1) is 13.7 Å². The molecule has 2 aliphatic rings. The molecule has 5 rings (SSSR count). The standard InChI is InChI=1S/C33H40O5Si/c1-32(2,3)39(26-13-9-7-10-14-26,27-15-11-8-12-16-27)35-23-29-31-30(37-33(4,5)38-31)28(36-29)22-19-24-17-20-25(34-6)21-18-24/h7-22,28-31H,23H2,1-6H3/b22-19+/t28-,29+,30-,31+/m0/s1. The molecule has 6 heteroatoms. The van der Waals surface area contributed by atoms with Crippen LogP contribution in [0.3, 0.4) is 0 Å². The van der Waals surface area contributed by atoms with Gasteiger partial charge in [0.1, 0.15) is 30.2 Å². The number of benzene rings is 3. The first kappa shape index (κ1) is 27.8. The van der Waals surface area contributed by atoms with Crippen LogP contribution in [0.2, 0.25) is 5.04 Å². The highest BCUT2D eigenvalue weighted by Gasteiger charge is 2.56. The lowest BCUT2D eigenvalue weighted by molar-refractivity contribution is -0.184. The molecule has 2 aliphatic heterocycles. The Morgan fingerprint density at radius 1 is 0.821 bits per heavy atom. The van der Waals surface area contributed by atoms with Gasteiger partial charge >= 0.3 is 0 Å². The lowest BCUT2D eigenvalue weighted by atomic mass is 10.1. The van der Waals surface area contributed by atoms with Crippen molar-refractivity contribution in [3.63, 3.8) is 0 Å². The largest absolute Gasteiger partial charge is 0.497 e. The molecule has 2 fully saturated rings. The molecule has 0 aromatic heterocycles. The monoisotopic (exact) mass is 544 g/mol. The first-order chi connectivity index (χ1) is 18.6. The zero-order chi connectivity index (χ0) is 27.7. The Balaban J connectivity index is 1.43. The normalized spacial score (nSPS) is 24.7. The molecule has 0 spiro atoms. The number of hydrogen-bond acceptors (Lipinski definition) is 5. The molecule has 0 aliphatic carbocycles. The van der Waals surface area contributed by atoms with Gasteiger partial charge in [-0.2, -0.15) is 0 Å². The Morgan fingerprint density at radius 3 is 1.92 bits per heavy atom. The molecule has 0 radical (unpaired) electrons. The zero-order valence-corrected chi connectivity index (χ0v) is 24.8. The van der Waals surface area contributed by atoms with Gasteiger partial charge in [0.25, 0.3) is 8.32 Å². The van der Waals surface area contributed by atoms with Crippen molar-refractivity contribution in [1.29, 1.82) is 0 Å². The van der Waals surface area contributed by atoms with Crippen LogP contribution in [0.15, 0.2) is 91.0 Å². The van der Waals surface area contributed by atoms with Crippen LogP contribution in [0.25, 0.3) is 6.08 Å². The second-order valence-corrected chi connectivity index (χ2v) is 16.1. The third-order valence-electron chi connectivity index (χ3n) is 7.66. The van der Waals surface area contributed by atoms with Gasteiger partial charge in [0.15, 0.2) is 5.79 Å². The van der Waals surface area contributed by atoms with Gasteiger partial charge in [0, 0.05) is 0 Å². The Hall–Kier alpha value is -2.74. The van der Waals surface area contributed by atoms with Gasteiger partial charge in [-0.25, -0.2) is 0 Å². The fourth-order valence-corrected chi connectivity index (χ4v) is 10.5. The van der Waals surface area contributed by atoms with Crippen LogP contribution in [0.4, 0.5) is 0 Å². The van der Waals surface area contributed by atoms with Crippen molar-refractivity contribution < 1.29 is 23.4 Å². The number of rotatable bonds is 8. The quantitative estimate of drug-likeness (QED) is 0.347. The molecule has 5 nitrogen and oxygen atoms in total. The molecule has 0 saturated carbocycles. The fourth-order valence-electron chi connectivity index (χ4n) is 5.89. The Labute approximate surface area is 233 Å². The summed E-state index contributed by atoms with van der Waals surface area (Å²) >= 11 is 0. The molecular formula is C33H40O5Si. The van der Waals surface area contributed by atoms with E-state index in [4.69, 9.17) is 23.4 Å². The average Bonchev–Trinajstić information content (AvgIpc) is 3.41. The van der Waals surface area contributed by atoms with E-state index in [0.717, 1.165) is 11.3 Å². The lowest BCUT2D eigenvalue weighted by Crippen LogP contribution is -2.67. The van der Waals surface area contributed by atoms with E-state index in [1.807, 2.05) is 38.1 Å². The molecule has 4 atom stereocenters. The molecule has 0 bridgehead atoms. The van der Waals surface area contributed by atoms with Crippen LogP contribution < -0.4 is 15.1 Å². The number of fused-ring (bicyclic) bond motifs is 1. The summed E-state index contributed by atoms with van der Waals surface area (Å²) in [4.78, 5) is 0. The van der Waals surface area contributed by atoms with Crippen molar-refractivity contribution in [1.82, 2.24) is 0 Å². The Kier molecular flexibility index (Phi) is 7.86. The van der Waals surface area contributed by atoms with E-state index < -0.39 is 14.1 Å². The number of hydrogen-bond donors (Lipinski definition) is 0. The summed E-state index contributed by atoms with van der Waals surface area (Å²) in [7, 11) is -1.03. The Bertz CT molecular complexity index is 1210. The van der Waals surface area contributed by atoms with Gasteiger partial charge < -0.3 is 23.4 Å². The van der Waals surface area contributed by atoms with Crippen molar-refractivity contribution in [2.45, 2.75) is 69.9 Å². The first-order valence-corrected chi connectivity index (χ1v) is 15.6. The molecule has 206 valence electrons. The van der Waals surface area contributed by atoms with Crippen molar-refractivity contribution in [3.8, 4) is 5.75 Å². The van der Waals surface area contributed by atoms with E-state index in [9.17, 15) is 0 Å². The molecule has 3 aromatic rings. The number of methoxy groups -OCH3 is 1. The summed E-state index contributed by atoms with van der Waals surface area (Å²) in [6, 6.07) is 29.4. The highest BCUT2D eigenvalue weighted by atomic mass is 28.4. The summed E-state index contributed by atoms with van der Waals surface area (Å²) in [5.74, 6) is 0.153. The van der Waals surface area contributed by atoms with Gasteiger partial charge in [0.2, 0.25) is 0 Å². The summed E-state index contributed by atoms with van der Waals surface area (Å²) < 4.78 is 31.8. The van der Waals surface area contributed by atoms with E-state index in [1.165, 1.54) is 10.4 Å². The smallest absolute Gasteiger partial charge is 0.261 e. The van der Waals surface area contributed by atoms with Crippen LogP contribution in [-0.2, 0) is 18.6 Å².